The van der Waals surface area contributed by atoms with E-state index in [2.05, 4.69) is 12.2 Å². The van der Waals surface area contributed by atoms with Crippen molar-refractivity contribution in [3.63, 3.8) is 0 Å². The van der Waals surface area contributed by atoms with E-state index in [9.17, 15) is 0 Å². The number of nitrogens with one attached hydrogen (secondary N) is 1. The maximum absolute atomic E-state index is 5.89. The summed E-state index contributed by atoms with van der Waals surface area (Å²) in [5.41, 5.74) is 0. The van der Waals surface area contributed by atoms with Crippen molar-refractivity contribution in [3.05, 3.63) is 45.6 Å². The minimum absolute atomic E-state index is 0.603. The molecular formula is C16H20ClNO2S. The first-order valence-electron chi connectivity index (χ1n) is 7.09. The van der Waals surface area contributed by atoms with Crippen LogP contribution in [0, 0.1) is 0 Å². The summed E-state index contributed by atoms with van der Waals surface area (Å²) in [7, 11) is 0. The number of ether oxygens (including phenoxy) is 2. The van der Waals surface area contributed by atoms with Crippen LogP contribution in [0.2, 0.25) is 4.34 Å². The van der Waals surface area contributed by atoms with Gasteiger partial charge in [-0.25, -0.2) is 0 Å². The van der Waals surface area contributed by atoms with E-state index in [1.165, 1.54) is 4.88 Å². The van der Waals surface area contributed by atoms with Gasteiger partial charge in [0.05, 0.1) is 10.9 Å². The Labute approximate surface area is 134 Å². The standard InChI is InChI=1S/C16H20ClNO2S/c1-2-10-19-14-5-3-4-6-15(14)20-11-9-18-12-13-7-8-16(17)21-13/h3-8,18H,2,9-12H2,1H3. The maximum atomic E-state index is 5.89. The zero-order valence-electron chi connectivity index (χ0n) is 12.1. The Morgan fingerprint density at radius 2 is 1.76 bits per heavy atom. The van der Waals surface area contributed by atoms with Gasteiger partial charge in [-0.2, -0.15) is 0 Å². The third-order valence-corrected chi connectivity index (χ3v) is 4.01. The van der Waals surface area contributed by atoms with Crippen molar-refractivity contribution >= 4 is 22.9 Å². The molecule has 1 aromatic carbocycles. The average Bonchev–Trinajstić information content (AvgIpc) is 2.91. The summed E-state index contributed by atoms with van der Waals surface area (Å²) in [4.78, 5) is 1.23. The second kappa shape index (κ2) is 8.93. The topological polar surface area (TPSA) is 30.5 Å². The van der Waals surface area contributed by atoms with Crippen molar-refractivity contribution in [2.75, 3.05) is 19.8 Å². The second-order valence-electron chi connectivity index (χ2n) is 4.53. The monoisotopic (exact) mass is 325 g/mol. The molecule has 2 rings (SSSR count). The highest BCUT2D eigenvalue weighted by atomic mass is 35.5. The van der Waals surface area contributed by atoms with Crippen LogP contribution >= 0.6 is 22.9 Å². The van der Waals surface area contributed by atoms with E-state index < -0.39 is 0 Å². The predicted molar refractivity (Wildman–Crippen MR) is 88.8 cm³/mol. The molecular weight excluding hydrogens is 306 g/mol. The van der Waals surface area contributed by atoms with Gasteiger partial charge in [-0.15, -0.1) is 11.3 Å². The first-order valence-corrected chi connectivity index (χ1v) is 8.28. The number of thiophene rings is 1. The van der Waals surface area contributed by atoms with Gasteiger partial charge < -0.3 is 14.8 Å². The minimum atomic E-state index is 0.603. The molecule has 0 amide bonds. The summed E-state index contributed by atoms with van der Waals surface area (Å²) in [5, 5.41) is 3.33. The molecule has 0 aliphatic heterocycles. The van der Waals surface area contributed by atoms with E-state index in [1.54, 1.807) is 11.3 Å². The molecule has 0 aliphatic rings. The average molecular weight is 326 g/mol. The molecule has 0 saturated heterocycles. The van der Waals surface area contributed by atoms with Crippen molar-refractivity contribution in [1.29, 1.82) is 0 Å². The summed E-state index contributed by atoms with van der Waals surface area (Å²) in [5.74, 6) is 1.61. The lowest BCUT2D eigenvalue weighted by atomic mass is 10.3. The van der Waals surface area contributed by atoms with E-state index in [-0.39, 0.29) is 0 Å². The molecule has 1 heterocycles. The Hall–Kier alpha value is -1.23. The van der Waals surface area contributed by atoms with Crippen LogP contribution in [0.25, 0.3) is 0 Å². The summed E-state index contributed by atoms with van der Waals surface area (Å²) >= 11 is 7.49. The fourth-order valence-corrected chi connectivity index (χ4v) is 2.85. The van der Waals surface area contributed by atoms with Crippen LogP contribution in [0.1, 0.15) is 18.2 Å². The largest absolute Gasteiger partial charge is 0.490 e. The lowest BCUT2D eigenvalue weighted by Gasteiger charge is -2.12. The zero-order valence-corrected chi connectivity index (χ0v) is 13.7. The number of halogens is 1. The summed E-state index contributed by atoms with van der Waals surface area (Å²) < 4.78 is 12.2. The first kappa shape index (κ1) is 16.1. The van der Waals surface area contributed by atoms with Gasteiger partial charge >= 0.3 is 0 Å². The van der Waals surface area contributed by atoms with Gasteiger partial charge in [-0.1, -0.05) is 30.7 Å². The molecule has 0 unspecified atom stereocenters. The van der Waals surface area contributed by atoms with E-state index in [1.807, 2.05) is 36.4 Å². The Balaban J connectivity index is 1.70. The highest BCUT2D eigenvalue weighted by Gasteiger charge is 2.03. The van der Waals surface area contributed by atoms with Gasteiger partial charge in [-0.3, -0.25) is 0 Å². The predicted octanol–water partition coefficient (Wildman–Crippen LogP) is 4.36. The van der Waals surface area contributed by atoms with E-state index >= 15 is 0 Å². The molecule has 0 spiro atoms. The van der Waals surface area contributed by atoms with E-state index in [0.717, 1.165) is 35.3 Å². The Morgan fingerprint density at radius 3 is 2.38 bits per heavy atom. The van der Waals surface area contributed by atoms with Gasteiger partial charge in [0, 0.05) is 18.0 Å². The van der Waals surface area contributed by atoms with Crippen LogP contribution in [-0.2, 0) is 6.54 Å². The number of hydrogen-bond donors (Lipinski definition) is 1. The fraction of sp³-hybridized carbons (Fsp3) is 0.375. The molecule has 0 atom stereocenters. The van der Waals surface area contributed by atoms with Crippen LogP contribution in [0.5, 0.6) is 11.5 Å². The quantitative estimate of drug-likeness (QED) is 0.695. The highest BCUT2D eigenvalue weighted by Crippen LogP contribution is 2.26. The Kier molecular flexibility index (Phi) is 6.86. The Morgan fingerprint density at radius 1 is 1.05 bits per heavy atom. The second-order valence-corrected chi connectivity index (χ2v) is 6.33. The molecule has 0 bridgehead atoms. The fourth-order valence-electron chi connectivity index (χ4n) is 1.79. The number of para-hydroxylation sites is 2. The molecule has 5 heteroatoms. The molecule has 3 nitrogen and oxygen atoms in total. The van der Waals surface area contributed by atoms with Crippen LogP contribution in [-0.4, -0.2) is 19.8 Å². The third-order valence-electron chi connectivity index (χ3n) is 2.78. The first-order chi connectivity index (χ1) is 10.3. The number of hydrogen-bond acceptors (Lipinski definition) is 4. The molecule has 1 aromatic heterocycles. The van der Waals surface area contributed by atoms with Crippen LogP contribution in [0.4, 0.5) is 0 Å². The van der Waals surface area contributed by atoms with E-state index in [4.69, 9.17) is 21.1 Å². The minimum Gasteiger partial charge on any atom is -0.490 e. The molecule has 0 aliphatic carbocycles. The van der Waals surface area contributed by atoms with Crippen LogP contribution < -0.4 is 14.8 Å². The lowest BCUT2D eigenvalue weighted by Crippen LogP contribution is -2.20. The van der Waals surface area contributed by atoms with Gasteiger partial charge in [-0.05, 0) is 30.7 Å². The van der Waals surface area contributed by atoms with E-state index in [0.29, 0.717) is 13.2 Å². The zero-order chi connectivity index (χ0) is 14.9. The lowest BCUT2D eigenvalue weighted by molar-refractivity contribution is 0.267. The Bertz CT molecular complexity index is 545. The van der Waals surface area contributed by atoms with Gasteiger partial charge in [0.1, 0.15) is 6.61 Å². The van der Waals surface area contributed by atoms with Crippen LogP contribution in [0.15, 0.2) is 36.4 Å². The van der Waals surface area contributed by atoms with Gasteiger partial charge in [0.25, 0.3) is 0 Å². The SMILES string of the molecule is CCCOc1ccccc1OCCNCc1ccc(Cl)s1. The van der Waals surface area contributed by atoms with Crippen molar-refractivity contribution in [3.8, 4) is 11.5 Å². The van der Waals surface area contributed by atoms with Crippen molar-refractivity contribution < 1.29 is 9.47 Å². The van der Waals surface area contributed by atoms with Crippen molar-refractivity contribution in [2.45, 2.75) is 19.9 Å². The molecule has 2 aromatic rings. The number of benzene rings is 1. The summed E-state index contributed by atoms with van der Waals surface area (Å²) in [6.07, 6.45) is 0.985. The highest BCUT2D eigenvalue weighted by molar-refractivity contribution is 7.16. The molecule has 1 N–H and O–H groups in total. The van der Waals surface area contributed by atoms with Gasteiger partial charge in [0.2, 0.25) is 0 Å². The molecule has 114 valence electrons. The third kappa shape index (κ3) is 5.58. The van der Waals surface area contributed by atoms with Gasteiger partial charge in [0.15, 0.2) is 11.5 Å². The summed E-state index contributed by atoms with van der Waals surface area (Å²) in [6, 6.07) is 11.7. The normalized spacial score (nSPS) is 10.6. The molecule has 21 heavy (non-hydrogen) atoms. The van der Waals surface area contributed by atoms with Crippen molar-refractivity contribution in [1.82, 2.24) is 5.32 Å². The van der Waals surface area contributed by atoms with Crippen molar-refractivity contribution in [2.24, 2.45) is 0 Å². The smallest absolute Gasteiger partial charge is 0.161 e. The maximum Gasteiger partial charge on any atom is 0.161 e. The van der Waals surface area contributed by atoms with Crippen LogP contribution in [0.3, 0.4) is 0 Å². The summed E-state index contributed by atoms with van der Waals surface area (Å²) in [6.45, 7) is 4.99. The molecule has 0 radical (unpaired) electrons. The number of rotatable bonds is 9. The molecule has 0 fully saturated rings. The molecule has 0 saturated carbocycles.